The lowest BCUT2D eigenvalue weighted by Gasteiger charge is -2.30. The molecule has 0 aromatic heterocycles. The molecule has 71 valence electrons. The Morgan fingerprint density at radius 1 is 1.23 bits per heavy atom. The summed E-state index contributed by atoms with van der Waals surface area (Å²) in [6, 6.07) is 11.2. The molecule has 0 amide bonds. The molecule has 0 aliphatic heterocycles. The number of rotatable bonds is 4. The van der Waals surface area contributed by atoms with E-state index in [-0.39, 0.29) is 5.41 Å². The minimum atomic E-state index is 0.176. The monoisotopic (exact) mass is 176 g/mol. The minimum Gasteiger partial charge on any atom is -0.330 e. The number of hydrogen-bond donors (Lipinski definition) is 1. The molecule has 0 aliphatic carbocycles. The lowest BCUT2D eigenvalue weighted by molar-refractivity contribution is 0.407. The van der Waals surface area contributed by atoms with Crippen LogP contribution >= 0.6 is 0 Å². The van der Waals surface area contributed by atoms with Crippen molar-refractivity contribution in [3.05, 3.63) is 35.9 Å². The highest BCUT2D eigenvalue weighted by atomic mass is 14.6. The number of hydrogen-bond acceptors (Lipinski definition) is 1. The van der Waals surface area contributed by atoms with Crippen molar-refractivity contribution >= 4 is 0 Å². The molecule has 0 atom stereocenters. The lowest BCUT2D eigenvalue weighted by Crippen LogP contribution is -2.33. The van der Waals surface area contributed by atoms with Gasteiger partial charge in [0.2, 0.25) is 0 Å². The van der Waals surface area contributed by atoms with Crippen molar-refractivity contribution in [1.82, 2.24) is 0 Å². The number of nitrogens with two attached hydrogens (primary N) is 1. The van der Waals surface area contributed by atoms with Crippen molar-refractivity contribution < 1.29 is 0 Å². The molecule has 0 saturated carbocycles. The summed E-state index contributed by atoms with van der Waals surface area (Å²) >= 11 is 0. The standard InChI is InChI=1S/C12H18N/c1-3-12(4-2,10-13)11-8-6-5-7-9-11/h6-9H,3-4,10,13H2,1-2H3. The van der Waals surface area contributed by atoms with E-state index in [1.54, 1.807) is 0 Å². The van der Waals surface area contributed by atoms with Gasteiger partial charge in [-0.2, -0.15) is 0 Å². The molecule has 0 spiro atoms. The molecule has 1 aromatic rings. The maximum atomic E-state index is 5.85. The minimum absolute atomic E-state index is 0.176. The Kier molecular flexibility index (Phi) is 3.49. The predicted molar refractivity (Wildman–Crippen MR) is 56.6 cm³/mol. The fraction of sp³-hybridized carbons (Fsp3) is 0.500. The van der Waals surface area contributed by atoms with E-state index < -0.39 is 0 Å². The first-order chi connectivity index (χ1) is 6.29. The summed E-state index contributed by atoms with van der Waals surface area (Å²) in [5, 5.41) is 0. The van der Waals surface area contributed by atoms with Crippen molar-refractivity contribution in [2.75, 3.05) is 6.54 Å². The first-order valence-electron chi connectivity index (χ1n) is 4.95. The van der Waals surface area contributed by atoms with Crippen LogP contribution in [0.15, 0.2) is 24.3 Å². The molecule has 0 unspecified atom stereocenters. The topological polar surface area (TPSA) is 26.0 Å². The SMILES string of the molecule is CCC(CC)(CN)c1cc[c]cc1. The van der Waals surface area contributed by atoms with Crippen LogP contribution in [0.3, 0.4) is 0 Å². The Morgan fingerprint density at radius 3 is 2.15 bits per heavy atom. The van der Waals surface area contributed by atoms with E-state index in [0.717, 1.165) is 19.4 Å². The molecular formula is C12H18N. The molecular weight excluding hydrogens is 158 g/mol. The molecule has 0 heterocycles. The summed E-state index contributed by atoms with van der Waals surface area (Å²) in [6.45, 7) is 5.13. The average molecular weight is 176 g/mol. The fourth-order valence-corrected chi connectivity index (χ4v) is 1.81. The lowest BCUT2D eigenvalue weighted by atomic mass is 9.76. The third kappa shape index (κ3) is 1.92. The van der Waals surface area contributed by atoms with Crippen molar-refractivity contribution in [2.24, 2.45) is 5.73 Å². The van der Waals surface area contributed by atoms with Crippen LogP contribution in [0.1, 0.15) is 32.3 Å². The van der Waals surface area contributed by atoms with E-state index in [1.807, 2.05) is 12.1 Å². The first-order valence-corrected chi connectivity index (χ1v) is 4.95. The Bertz CT molecular complexity index is 228. The van der Waals surface area contributed by atoms with E-state index in [9.17, 15) is 0 Å². The summed E-state index contributed by atoms with van der Waals surface area (Å²) in [6.07, 6.45) is 2.20. The van der Waals surface area contributed by atoms with Crippen LogP contribution in [0, 0.1) is 6.07 Å². The van der Waals surface area contributed by atoms with Crippen LogP contribution in [-0.2, 0) is 5.41 Å². The van der Waals surface area contributed by atoms with Gasteiger partial charge in [0.05, 0.1) is 0 Å². The molecule has 1 radical (unpaired) electrons. The fourth-order valence-electron chi connectivity index (χ4n) is 1.81. The van der Waals surface area contributed by atoms with Gasteiger partial charge in [0.25, 0.3) is 0 Å². The molecule has 1 aromatic carbocycles. The van der Waals surface area contributed by atoms with Crippen LogP contribution in [-0.4, -0.2) is 6.54 Å². The van der Waals surface area contributed by atoms with Gasteiger partial charge in [-0.15, -0.1) is 0 Å². The molecule has 1 rings (SSSR count). The molecule has 0 bridgehead atoms. The summed E-state index contributed by atoms with van der Waals surface area (Å²) < 4.78 is 0. The quantitative estimate of drug-likeness (QED) is 0.749. The van der Waals surface area contributed by atoms with Gasteiger partial charge >= 0.3 is 0 Å². The second-order valence-corrected chi connectivity index (χ2v) is 3.48. The summed E-state index contributed by atoms with van der Waals surface area (Å²) in [5.41, 5.74) is 7.37. The van der Waals surface area contributed by atoms with Crippen LogP contribution in [0.25, 0.3) is 0 Å². The van der Waals surface area contributed by atoms with Crippen molar-refractivity contribution in [1.29, 1.82) is 0 Å². The van der Waals surface area contributed by atoms with E-state index in [1.165, 1.54) is 5.56 Å². The van der Waals surface area contributed by atoms with Crippen LogP contribution in [0.5, 0.6) is 0 Å². The molecule has 1 nitrogen and oxygen atoms in total. The zero-order valence-corrected chi connectivity index (χ0v) is 8.51. The van der Waals surface area contributed by atoms with Gasteiger partial charge in [-0.1, -0.05) is 38.1 Å². The Morgan fingerprint density at radius 2 is 1.77 bits per heavy atom. The second kappa shape index (κ2) is 4.43. The third-order valence-electron chi connectivity index (χ3n) is 3.07. The van der Waals surface area contributed by atoms with Crippen molar-refractivity contribution in [3.63, 3.8) is 0 Å². The Labute approximate surface area is 81.0 Å². The smallest absolute Gasteiger partial charge is 0.00703 e. The van der Waals surface area contributed by atoms with E-state index >= 15 is 0 Å². The normalized spacial score (nSPS) is 11.6. The average Bonchev–Trinajstić information content (AvgIpc) is 2.23. The maximum absolute atomic E-state index is 5.85. The Balaban J connectivity index is 3.01. The molecule has 0 saturated heterocycles. The first kappa shape index (κ1) is 10.3. The van der Waals surface area contributed by atoms with Crippen LogP contribution in [0.4, 0.5) is 0 Å². The van der Waals surface area contributed by atoms with Gasteiger partial charge in [-0.25, -0.2) is 0 Å². The highest BCUT2D eigenvalue weighted by molar-refractivity contribution is 5.25. The van der Waals surface area contributed by atoms with Gasteiger partial charge in [-0.3, -0.25) is 0 Å². The third-order valence-corrected chi connectivity index (χ3v) is 3.07. The van der Waals surface area contributed by atoms with Gasteiger partial charge in [0.15, 0.2) is 0 Å². The largest absolute Gasteiger partial charge is 0.330 e. The highest BCUT2D eigenvalue weighted by Gasteiger charge is 2.25. The van der Waals surface area contributed by atoms with Crippen LogP contribution in [0.2, 0.25) is 0 Å². The van der Waals surface area contributed by atoms with Crippen molar-refractivity contribution in [3.8, 4) is 0 Å². The molecule has 1 heteroatoms. The zero-order valence-electron chi connectivity index (χ0n) is 8.51. The van der Waals surface area contributed by atoms with E-state index in [2.05, 4.69) is 32.0 Å². The van der Waals surface area contributed by atoms with Gasteiger partial charge < -0.3 is 5.73 Å². The van der Waals surface area contributed by atoms with Crippen molar-refractivity contribution in [2.45, 2.75) is 32.1 Å². The number of benzene rings is 1. The molecule has 0 aliphatic rings. The van der Waals surface area contributed by atoms with Gasteiger partial charge in [0.1, 0.15) is 0 Å². The second-order valence-electron chi connectivity index (χ2n) is 3.48. The highest BCUT2D eigenvalue weighted by Crippen LogP contribution is 2.29. The van der Waals surface area contributed by atoms with Crippen LogP contribution < -0.4 is 5.73 Å². The van der Waals surface area contributed by atoms with Gasteiger partial charge in [-0.05, 0) is 24.5 Å². The Hall–Kier alpha value is -0.820. The molecule has 0 fully saturated rings. The van der Waals surface area contributed by atoms with E-state index in [0.29, 0.717) is 0 Å². The molecule has 2 N–H and O–H groups in total. The summed E-state index contributed by atoms with van der Waals surface area (Å²) in [7, 11) is 0. The predicted octanol–water partition coefficient (Wildman–Crippen LogP) is 2.50. The zero-order chi connectivity index (χ0) is 9.73. The summed E-state index contributed by atoms with van der Waals surface area (Å²) in [4.78, 5) is 0. The summed E-state index contributed by atoms with van der Waals surface area (Å²) in [5.74, 6) is 0. The molecule has 13 heavy (non-hydrogen) atoms. The van der Waals surface area contributed by atoms with Gasteiger partial charge in [0, 0.05) is 12.0 Å². The van der Waals surface area contributed by atoms with E-state index in [4.69, 9.17) is 5.73 Å². The maximum Gasteiger partial charge on any atom is 0.00703 e.